The van der Waals surface area contributed by atoms with Crippen LogP contribution < -0.4 is 0 Å². The van der Waals surface area contributed by atoms with Crippen molar-refractivity contribution in [2.75, 3.05) is 13.7 Å². The lowest BCUT2D eigenvalue weighted by Crippen LogP contribution is -2.11. The second-order valence-corrected chi connectivity index (χ2v) is 2.38. The van der Waals surface area contributed by atoms with E-state index >= 15 is 0 Å². The highest BCUT2D eigenvalue weighted by Gasteiger charge is 2.05. The summed E-state index contributed by atoms with van der Waals surface area (Å²) in [6, 6.07) is 0. The number of rotatable bonds is 5. The van der Waals surface area contributed by atoms with Gasteiger partial charge in [-0.15, -0.1) is 0 Å². The third-order valence-corrected chi connectivity index (χ3v) is 1.43. The molecule has 0 amide bonds. The molecule has 0 aliphatic rings. The van der Waals surface area contributed by atoms with Crippen molar-refractivity contribution in [1.29, 1.82) is 0 Å². The van der Waals surface area contributed by atoms with Crippen LogP contribution in [0.1, 0.15) is 26.7 Å². The molecule has 0 radical (unpaired) electrons. The summed E-state index contributed by atoms with van der Waals surface area (Å²) in [5.41, 5.74) is 0. The zero-order valence-corrected chi connectivity index (χ0v) is 7.42. The van der Waals surface area contributed by atoms with E-state index in [0.717, 1.165) is 6.42 Å². The number of carbonyl (C=O) groups is 1. The van der Waals surface area contributed by atoms with E-state index in [9.17, 15) is 4.79 Å². The molecule has 0 fully saturated rings. The summed E-state index contributed by atoms with van der Waals surface area (Å²) in [5, 5.41) is 0. The Balaban J connectivity index is 3.29. The second-order valence-electron chi connectivity index (χ2n) is 2.38. The fraction of sp³-hybridized carbons (Fsp3) is 0.875. The van der Waals surface area contributed by atoms with Gasteiger partial charge in [-0.25, -0.2) is 0 Å². The second kappa shape index (κ2) is 6.16. The van der Waals surface area contributed by atoms with Gasteiger partial charge in [0.15, 0.2) is 0 Å². The predicted octanol–water partition coefficient (Wildman–Crippen LogP) is 1.36. The number of hydrogen-bond donors (Lipinski definition) is 0. The lowest BCUT2D eigenvalue weighted by Gasteiger charge is -2.09. The Morgan fingerprint density at radius 1 is 1.55 bits per heavy atom. The van der Waals surface area contributed by atoms with Gasteiger partial charge in [-0.05, 0) is 20.3 Å². The lowest BCUT2D eigenvalue weighted by atomic mass is 10.2. The molecule has 0 saturated carbocycles. The predicted molar refractivity (Wildman–Crippen MR) is 42.3 cm³/mol. The minimum Gasteiger partial charge on any atom is -0.469 e. The largest absolute Gasteiger partial charge is 0.469 e. The fourth-order valence-electron chi connectivity index (χ4n) is 0.791. The maximum Gasteiger partial charge on any atom is 0.305 e. The Labute approximate surface area is 67.7 Å². The van der Waals surface area contributed by atoms with Crippen molar-refractivity contribution in [2.45, 2.75) is 32.8 Å². The van der Waals surface area contributed by atoms with Crippen LogP contribution in [0.4, 0.5) is 0 Å². The molecule has 0 heterocycles. The van der Waals surface area contributed by atoms with Gasteiger partial charge in [0.2, 0.25) is 0 Å². The summed E-state index contributed by atoms with van der Waals surface area (Å²) in [6.45, 7) is 4.59. The first-order valence-electron chi connectivity index (χ1n) is 3.89. The van der Waals surface area contributed by atoms with Crippen LogP contribution in [0.2, 0.25) is 0 Å². The van der Waals surface area contributed by atoms with Crippen molar-refractivity contribution in [3.8, 4) is 0 Å². The van der Waals surface area contributed by atoms with Gasteiger partial charge >= 0.3 is 5.97 Å². The van der Waals surface area contributed by atoms with Crippen molar-refractivity contribution in [2.24, 2.45) is 0 Å². The first-order chi connectivity index (χ1) is 5.20. The Morgan fingerprint density at radius 3 is 2.64 bits per heavy atom. The van der Waals surface area contributed by atoms with E-state index in [1.54, 1.807) is 0 Å². The van der Waals surface area contributed by atoms with E-state index < -0.39 is 0 Å². The molecule has 0 aliphatic carbocycles. The molecule has 0 aliphatic heterocycles. The third kappa shape index (κ3) is 5.85. The summed E-state index contributed by atoms with van der Waals surface area (Å²) in [6.07, 6.45) is 1.33. The van der Waals surface area contributed by atoms with Gasteiger partial charge < -0.3 is 9.47 Å². The Kier molecular flexibility index (Phi) is 5.84. The van der Waals surface area contributed by atoms with Gasteiger partial charge in [0.25, 0.3) is 0 Å². The smallest absolute Gasteiger partial charge is 0.305 e. The van der Waals surface area contributed by atoms with Crippen LogP contribution >= 0.6 is 0 Å². The van der Waals surface area contributed by atoms with Gasteiger partial charge in [0, 0.05) is 13.0 Å². The monoisotopic (exact) mass is 160 g/mol. The average molecular weight is 160 g/mol. The first-order valence-corrected chi connectivity index (χ1v) is 3.89. The minimum absolute atomic E-state index is 0.152. The highest BCUT2D eigenvalue weighted by atomic mass is 16.5. The molecule has 0 bridgehead atoms. The molecule has 0 aromatic rings. The van der Waals surface area contributed by atoms with E-state index in [1.807, 2.05) is 13.8 Å². The van der Waals surface area contributed by atoms with E-state index in [0.29, 0.717) is 13.0 Å². The van der Waals surface area contributed by atoms with Crippen LogP contribution in [0.15, 0.2) is 0 Å². The van der Waals surface area contributed by atoms with Crippen LogP contribution in [0.5, 0.6) is 0 Å². The molecule has 0 spiro atoms. The van der Waals surface area contributed by atoms with E-state index in [4.69, 9.17) is 4.74 Å². The van der Waals surface area contributed by atoms with Crippen LogP contribution in [-0.4, -0.2) is 25.8 Å². The molecule has 1 unspecified atom stereocenters. The molecular weight excluding hydrogens is 144 g/mol. The normalized spacial score (nSPS) is 12.6. The third-order valence-electron chi connectivity index (χ3n) is 1.43. The van der Waals surface area contributed by atoms with Gasteiger partial charge in [0.1, 0.15) is 0 Å². The minimum atomic E-state index is -0.170. The van der Waals surface area contributed by atoms with Crippen molar-refractivity contribution < 1.29 is 14.3 Å². The van der Waals surface area contributed by atoms with Gasteiger partial charge in [-0.2, -0.15) is 0 Å². The quantitative estimate of drug-likeness (QED) is 0.570. The molecule has 0 N–H and O–H groups in total. The van der Waals surface area contributed by atoms with Gasteiger partial charge in [-0.3, -0.25) is 4.79 Å². The Hall–Kier alpha value is -0.570. The average Bonchev–Trinajstić information content (AvgIpc) is 2.01. The molecule has 0 saturated heterocycles. The van der Waals surface area contributed by atoms with Crippen LogP contribution in [0, 0.1) is 0 Å². The number of esters is 1. The fourth-order valence-corrected chi connectivity index (χ4v) is 0.791. The Morgan fingerprint density at radius 2 is 2.18 bits per heavy atom. The summed E-state index contributed by atoms with van der Waals surface area (Å²) < 4.78 is 9.71. The van der Waals surface area contributed by atoms with E-state index in [-0.39, 0.29) is 12.1 Å². The maximum absolute atomic E-state index is 10.6. The molecule has 3 heteroatoms. The van der Waals surface area contributed by atoms with Gasteiger partial charge in [-0.1, -0.05) is 0 Å². The van der Waals surface area contributed by atoms with Crippen LogP contribution in [-0.2, 0) is 14.3 Å². The summed E-state index contributed by atoms with van der Waals surface area (Å²) in [7, 11) is 1.40. The molecule has 1 atom stereocenters. The molecule has 0 aromatic heterocycles. The first kappa shape index (κ1) is 10.4. The van der Waals surface area contributed by atoms with Crippen LogP contribution in [0.3, 0.4) is 0 Å². The Bertz CT molecular complexity index is 112. The SMILES string of the molecule is CCOC(C)CCC(=O)OC. The van der Waals surface area contributed by atoms with E-state index in [1.165, 1.54) is 7.11 Å². The lowest BCUT2D eigenvalue weighted by molar-refractivity contribution is -0.141. The number of methoxy groups -OCH3 is 1. The molecule has 11 heavy (non-hydrogen) atoms. The number of ether oxygens (including phenoxy) is 2. The highest BCUT2D eigenvalue weighted by molar-refractivity contribution is 5.69. The van der Waals surface area contributed by atoms with Gasteiger partial charge in [0.05, 0.1) is 13.2 Å². The van der Waals surface area contributed by atoms with Crippen LogP contribution in [0.25, 0.3) is 0 Å². The van der Waals surface area contributed by atoms with E-state index in [2.05, 4.69) is 4.74 Å². The number of carbonyl (C=O) groups excluding carboxylic acids is 1. The molecule has 0 aromatic carbocycles. The topological polar surface area (TPSA) is 35.5 Å². The molecule has 3 nitrogen and oxygen atoms in total. The maximum atomic E-state index is 10.6. The van der Waals surface area contributed by atoms with Crippen molar-refractivity contribution in [3.63, 3.8) is 0 Å². The standard InChI is InChI=1S/C8H16O3/c1-4-11-7(2)5-6-8(9)10-3/h7H,4-6H2,1-3H3. The zero-order chi connectivity index (χ0) is 8.69. The summed E-state index contributed by atoms with van der Waals surface area (Å²) in [5.74, 6) is -0.170. The van der Waals surface area contributed by atoms with Crippen molar-refractivity contribution >= 4 is 5.97 Å². The highest BCUT2D eigenvalue weighted by Crippen LogP contribution is 2.01. The van der Waals surface area contributed by atoms with Crippen molar-refractivity contribution in [3.05, 3.63) is 0 Å². The molecule has 66 valence electrons. The molecule has 0 rings (SSSR count). The summed E-state index contributed by atoms with van der Waals surface area (Å²) >= 11 is 0. The molecular formula is C8H16O3. The number of hydrogen-bond acceptors (Lipinski definition) is 3. The van der Waals surface area contributed by atoms with Crippen molar-refractivity contribution in [1.82, 2.24) is 0 Å². The zero-order valence-electron chi connectivity index (χ0n) is 7.42. The summed E-state index contributed by atoms with van der Waals surface area (Å²) in [4.78, 5) is 10.6.